The Balaban J connectivity index is 1.33. The van der Waals surface area contributed by atoms with Crippen LogP contribution in [-0.2, 0) is 19.3 Å². The molecule has 0 saturated carbocycles. The molecule has 15 heteroatoms. The van der Waals surface area contributed by atoms with E-state index in [-0.39, 0.29) is 55.4 Å². The lowest BCUT2D eigenvalue weighted by Crippen LogP contribution is -2.43. The highest BCUT2D eigenvalue weighted by atomic mass is 35.5. The van der Waals surface area contributed by atoms with Crippen molar-refractivity contribution in [2.45, 2.75) is 57.2 Å². The second-order valence-corrected chi connectivity index (χ2v) is 14.2. The van der Waals surface area contributed by atoms with Crippen LogP contribution in [0.4, 0.5) is 27.8 Å². The van der Waals surface area contributed by atoms with Gasteiger partial charge in [-0.3, -0.25) is 14.7 Å². The van der Waals surface area contributed by atoms with Gasteiger partial charge in [-0.15, -0.1) is 0 Å². The number of fused-ring (bicyclic) bond motifs is 2. The van der Waals surface area contributed by atoms with Gasteiger partial charge in [-0.1, -0.05) is 35.9 Å². The van der Waals surface area contributed by atoms with Crippen LogP contribution < -0.4 is 24.7 Å². The van der Waals surface area contributed by atoms with E-state index in [1.54, 1.807) is 43.4 Å². The Morgan fingerprint density at radius 3 is 2.22 bits per heavy atom. The number of benzene rings is 3. The highest BCUT2D eigenvalue weighted by Crippen LogP contribution is 2.45. The van der Waals surface area contributed by atoms with Crippen LogP contribution in [0.15, 0.2) is 65.5 Å². The van der Waals surface area contributed by atoms with E-state index >= 15 is 4.39 Å². The number of alkyl halides is 4. The van der Waals surface area contributed by atoms with Crippen molar-refractivity contribution in [1.82, 2.24) is 19.9 Å². The Morgan fingerprint density at radius 2 is 1.63 bits per heavy atom. The van der Waals surface area contributed by atoms with Gasteiger partial charge in [-0.05, 0) is 79.4 Å². The van der Waals surface area contributed by atoms with Crippen molar-refractivity contribution in [1.29, 1.82) is 0 Å². The number of methoxy groups -OCH3 is 2. The lowest BCUT2D eigenvalue weighted by Gasteiger charge is -2.30. The summed E-state index contributed by atoms with van der Waals surface area (Å²) in [6, 6.07) is 16.4. The highest BCUT2D eigenvalue weighted by Gasteiger charge is 2.49. The molecule has 7 rings (SSSR count). The molecule has 2 fully saturated rings. The number of H-pyrrole nitrogens is 1. The average molecular weight is 770 g/mol. The third kappa shape index (κ3) is 7.28. The number of pyridine rings is 1. The number of hydrogen-bond acceptors (Lipinski definition) is 8. The van der Waals surface area contributed by atoms with E-state index in [0.717, 1.165) is 23.6 Å². The molecule has 9 nitrogen and oxygen atoms in total. The Morgan fingerprint density at radius 1 is 1.00 bits per heavy atom. The van der Waals surface area contributed by atoms with E-state index in [9.17, 15) is 22.4 Å². The molecule has 0 aliphatic carbocycles. The van der Waals surface area contributed by atoms with Gasteiger partial charge in [-0.25, -0.2) is 13.8 Å². The minimum atomic E-state index is -4.97. The lowest BCUT2D eigenvalue weighted by molar-refractivity contribution is -0.137. The topological polar surface area (TPSA) is 92.8 Å². The van der Waals surface area contributed by atoms with Gasteiger partial charge in [0.1, 0.15) is 35.6 Å². The first-order valence-electron chi connectivity index (χ1n) is 17.3. The maximum Gasteiger partial charge on any atom is 0.418 e. The molecule has 1 N–H and O–H groups in total. The maximum atomic E-state index is 16.8. The first-order chi connectivity index (χ1) is 25.8. The summed E-state index contributed by atoms with van der Waals surface area (Å²) in [4.78, 5) is 28.1. The fourth-order valence-electron chi connectivity index (χ4n) is 7.60. The van der Waals surface area contributed by atoms with Crippen LogP contribution in [0, 0.1) is 12.7 Å². The van der Waals surface area contributed by atoms with Crippen molar-refractivity contribution in [3.63, 3.8) is 0 Å². The fourth-order valence-corrected chi connectivity index (χ4v) is 7.88. The summed E-state index contributed by atoms with van der Waals surface area (Å²) in [5.41, 5.74) is -3.19. The van der Waals surface area contributed by atoms with Gasteiger partial charge in [-0.2, -0.15) is 18.2 Å². The molecule has 3 aromatic carbocycles. The number of nitrogens with one attached hydrogen (secondary N) is 1. The number of ether oxygens (including phenoxy) is 3. The molecular weight excluding hydrogens is 733 g/mol. The number of aromatic nitrogens is 3. The Labute approximate surface area is 312 Å². The summed E-state index contributed by atoms with van der Waals surface area (Å²) in [6.07, 6.45) is -4.23. The first-order valence-corrected chi connectivity index (χ1v) is 17.7. The van der Waals surface area contributed by atoms with Crippen LogP contribution in [-0.4, -0.2) is 65.5 Å². The summed E-state index contributed by atoms with van der Waals surface area (Å²) in [7, 11) is 3.08. The molecule has 0 unspecified atom stereocenters. The molecule has 5 aromatic rings. The van der Waals surface area contributed by atoms with Crippen LogP contribution in [0.25, 0.3) is 22.2 Å². The van der Waals surface area contributed by atoms with E-state index in [1.165, 1.54) is 13.0 Å². The molecule has 54 heavy (non-hydrogen) atoms. The molecule has 2 aliphatic heterocycles. The number of aromatic amines is 1. The highest BCUT2D eigenvalue weighted by molar-refractivity contribution is 6.34. The van der Waals surface area contributed by atoms with Gasteiger partial charge >= 0.3 is 6.18 Å². The molecule has 0 radical (unpaired) electrons. The SMILES string of the molecule is COc1ccc(CN(Cc2ccc(OC)cc2)c2cc(C)c(C(F)(F)F)c(-c3c(Cl)cc4c(=O)[nH]c(OC[C@]56CCCN5C[C@H](F)C6)nc4c3F)n2)cc1. The molecule has 2 saturated heterocycles. The van der Waals surface area contributed by atoms with Crippen molar-refractivity contribution >= 4 is 28.3 Å². The largest absolute Gasteiger partial charge is 0.497 e. The smallest absolute Gasteiger partial charge is 0.418 e. The van der Waals surface area contributed by atoms with E-state index in [2.05, 4.69) is 15.0 Å². The zero-order valence-corrected chi connectivity index (χ0v) is 30.5. The molecule has 0 amide bonds. The van der Waals surface area contributed by atoms with Crippen molar-refractivity contribution in [2.75, 3.05) is 38.8 Å². The third-order valence-electron chi connectivity index (χ3n) is 10.2. The first kappa shape index (κ1) is 37.4. The van der Waals surface area contributed by atoms with E-state index in [1.807, 2.05) is 29.2 Å². The average Bonchev–Trinajstić information content (AvgIpc) is 3.66. The summed E-state index contributed by atoms with van der Waals surface area (Å²) < 4.78 is 92.2. The summed E-state index contributed by atoms with van der Waals surface area (Å²) >= 11 is 6.56. The van der Waals surface area contributed by atoms with E-state index < -0.39 is 56.6 Å². The summed E-state index contributed by atoms with van der Waals surface area (Å²) in [5.74, 6) is 0.0930. The van der Waals surface area contributed by atoms with Crippen molar-refractivity contribution in [3.8, 4) is 28.8 Å². The number of halogens is 6. The van der Waals surface area contributed by atoms with Gasteiger partial charge in [0, 0.05) is 26.1 Å². The minimum Gasteiger partial charge on any atom is -0.497 e. The Hall–Kier alpha value is -4.95. The van der Waals surface area contributed by atoms with Crippen molar-refractivity contribution < 1.29 is 36.2 Å². The predicted octanol–water partition coefficient (Wildman–Crippen LogP) is 8.28. The molecule has 0 bridgehead atoms. The van der Waals surface area contributed by atoms with Gasteiger partial charge in [0.2, 0.25) is 0 Å². The maximum absolute atomic E-state index is 16.8. The predicted molar refractivity (Wildman–Crippen MR) is 195 cm³/mol. The normalized spacial score (nSPS) is 18.6. The summed E-state index contributed by atoms with van der Waals surface area (Å²) in [6.45, 7) is 2.65. The molecule has 2 aliphatic rings. The van der Waals surface area contributed by atoms with Gasteiger partial charge in [0.15, 0.2) is 5.82 Å². The second kappa shape index (κ2) is 14.7. The number of anilines is 1. The molecule has 284 valence electrons. The van der Waals surface area contributed by atoms with Gasteiger partial charge < -0.3 is 19.1 Å². The number of aryl methyl sites for hydroxylation is 1. The molecular formula is C39H37ClF5N5O4. The standard InChI is InChI=1S/C39H37ClF5N5O4/c1-22-15-30(49(18-23-5-9-26(52-2)10-6-23)19-24-7-11-27(53-3)12-8-24)46-35(32(22)39(43,44)45)31-29(40)16-28-34(33(31)42)47-37(48-36(28)51)54-21-38-13-4-14-50(38)20-25(41)17-38/h5-12,15-16,25H,4,13-14,17-21H2,1-3H3,(H,47,48,51)/t25-,38-/m1/s1. The Kier molecular flexibility index (Phi) is 10.2. The molecule has 4 heterocycles. The van der Waals surface area contributed by atoms with Gasteiger partial charge in [0.05, 0.1) is 47.0 Å². The number of hydrogen-bond donors (Lipinski definition) is 1. The zero-order chi connectivity index (χ0) is 38.4. The van der Waals surface area contributed by atoms with Crippen LogP contribution in [0.2, 0.25) is 5.02 Å². The van der Waals surface area contributed by atoms with Crippen LogP contribution in [0.5, 0.6) is 17.5 Å². The van der Waals surface area contributed by atoms with Crippen molar-refractivity contribution in [3.05, 3.63) is 104 Å². The second-order valence-electron chi connectivity index (χ2n) is 13.7. The summed E-state index contributed by atoms with van der Waals surface area (Å²) in [5, 5.41) is -0.756. The quantitative estimate of drug-likeness (QED) is 0.134. The number of rotatable bonds is 11. The van der Waals surface area contributed by atoms with E-state index in [4.69, 9.17) is 25.8 Å². The molecule has 2 aromatic heterocycles. The molecule has 0 spiro atoms. The van der Waals surface area contributed by atoms with Crippen LogP contribution >= 0.6 is 11.6 Å². The minimum absolute atomic E-state index is 0.0107. The zero-order valence-electron chi connectivity index (χ0n) is 29.7. The van der Waals surface area contributed by atoms with Crippen LogP contribution in [0.1, 0.15) is 41.5 Å². The van der Waals surface area contributed by atoms with Gasteiger partial charge in [0.25, 0.3) is 11.6 Å². The Bertz CT molecular complexity index is 2190. The third-order valence-corrected chi connectivity index (χ3v) is 10.5. The lowest BCUT2D eigenvalue weighted by atomic mass is 9.95. The van der Waals surface area contributed by atoms with Crippen LogP contribution in [0.3, 0.4) is 0 Å². The monoisotopic (exact) mass is 769 g/mol. The van der Waals surface area contributed by atoms with E-state index in [0.29, 0.717) is 24.5 Å². The molecule has 2 atom stereocenters. The fraction of sp³-hybridized carbons (Fsp3) is 0.359. The van der Waals surface area contributed by atoms with Crippen molar-refractivity contribution in [2.24, 2.45) is 0 Å². The number of nitrogens with zero attached hydrogens (tertiary/aromatic N) is 4.